The number of aliphatic hydroxyl groups excluding tert-OH is 1. The molecule has 1 atom stereocenters. The van der Waals surface area contributed by atoms with Crippen LogP contribution in [-0.4, -0.2) is 5.11 Å². The maximum Gasteiger partial charge on any atom is 0.107 e. The Hall–Kier alpha value is -0.670. The van der Waals surface area contributed by atoms with E-state index in [1.54, 1.807) is 0 Å². The van der Waals surface area contributed by atoms with Crippen molar-refractivity contribution >= 4 is 43.2 Å². The zero-order valence-corrected chi connectivity index (χ0v) is 14.4. The number of halogens is 2. The van der Waals surface area contributed by atoms with E-state index in [1.165, 1.54) is 22.5 Å². The van der Waals surface area contributed by atoms with Crippen molar-refractivity contribution in [3.05, 3.63) is 54.6 Å². The van der Waals surface area contributed by atoms with E-state index in [9.17, 15) is 10.4 Å². The molecule has 1 heterocycles. The first kappa shape index (κ1) is 14.3. The molecular formula is C15H11Br2NOS. The number of fused-ring (bicyclic) bond motifs is 1. The molecule has 20 heavy (non-hydrogen) atoms. The summed E-state index contributed by atoms with van der Waals surface area (Å²) in [6.45, 7) is 0. The minimum Gasteiger partial charge on any atom is -0.386 e. The first-order chi connectivity index (χ1) is 9.55. The van der Waals surface area contributed by atoms with Gasteiger partial charge in [-0.05, 0) is 61.9 Å². The highest BCUT2D eigenvalue weighted by molar-refractivity contribution is 9.13. The zero-order valence-electron chi connectivity index (χ0n) is 10.4. The van der Waals surface area contributed by atoms with Crippen molar-refractivity contribution in [2.75, 3.05) is 0 Å². The number of thiophene rings is 1. The number of hydrogen-bond acceptors (Lipinski definition) is 3. The van der Waals surface area contributed by atoms with Gasteiger partial charge in [-0.2, -0.15) is 5.26 Å². The van der Waals surface area contributed by atoms with Gasteiger partial charge in [0.05, 0.1) is 15.3 Å². The first-order valence-electron chi connectivity index (χ1n) is 6.16. The van der Waals surface area contributed by atoms with Crippen LogP contribution in [0.3, 0.4) is 0 Å². The Bertz CT molecular complexity index is 660. The summed E-state index contributed by atoms with van der Waals surface area (Å²) in [4.78, 5) is 0.818. The molecule has 0 aliphatic heterocycles. The molecule has 0 radical (unpaired) electrons. The van der Waals surface area contributed by atoms with Gasteiger partial charge < -0.3 is 5.11 Å². The van der Waals surface area contributed by atoms with Gasteiger partial charge in [0, 0.05) is 9.35 Å². The lowest BCUT2D eigenvalue weighted by Crippen LogP contribution is -2.27. The summed E-state index contributed by atoms with van der Waals surface area (Å²) < 4.78 is 1.86. The molecule has 0 fully saturated rings. The van der Waals surface area contributed by atoms with Gasteiger partial charge in [-0.25, -0.2) is 0 Å². The first-order valence-corrected chi connectivity index (χ1v) is 8.57. The molecule has 1 aliphatic carbocycles. The van der Waals surface area contributed by atoms with Crippen LogP contribution in [0.25, 0.3) is 0 Å². The van der Waals surface area contributed by atoms with E-state index in [0.29, 0.717) is 12.8 Å². The van der Waals surface area contributed by atoms with Gasteiger partial charge in [-0.15, -0.1) is 11.3 Å². The Labute approximate surface area is 138 Å². The molecule has 0 bridgehead atoms. The average molecular weight is 413 g/mol. The van der Waals surface area contributed by atoms with Crippen molar-refractivity contribution in [1.82, 2.24) is 0 Å². The average Bonchev–Trinajstić information content (AvgIpc) is 2.99. The molecule has 1 aliphatic rings. The molecule has 3 rings (SSSR count). The molecule has 1 aromatic heterocycles. The number of hydrogen-bond donors (Lipinski definition) is 1. The van der Waals surface area contributed by atoms with Crippen molar-refractivity contribution in [3.63, 3.8) is 0 Å². The topological polar surface area (TPSA) is 44.0 Å². The van der Waals surface area contributed by atoms with Gasteiger partial charge in [0.1, 0.15) is 6.10 Å². The predicted octanol–water partition coefficient (Wildman–Crippen LogP) is 4.62. The monoisotopic (exact) mass is 411 g/mol. The molecule has 5 heteroatoms. The normalized spacial score (nSPS) is 17.5. The molecule has 102 valence electrons. The maximum absolute atomic E-state index is 10.7. The van der Waals surface area contributed by atoms with Gasteiger partial charge in [0.25, 0.3) is 0 Å². The van der Waals surface area contributed by atoms with E-state index in [4.69, 9.17) is 0 Å². The fourth-order valence-corrected chi connectivity index (χ4v) is 4.94. The molecule has 2 aromatic rings. The van der Waals surface area contributed by atoms with E-state index in [2.05, 4.69) is 37.9 Å². The lowest BCUT2D eigenvalue weighted by Gasteiger charge is -2.26. The molecule has 0 saturated carbocycles. The van der Waals surface area contributed by atoms with Crippen LogP contribution in [0.2, 0.25) is 0 Å². The number of rotatable bonds is 2. The number of nitrogens with zero attached hydrogens (tertiary/aromatic N) is 1. The van der Waals surface area contributed by atoms with Crippen molar-refractivity contribution in [1.29, 1.82) is 5.26 Å². The van der Waals surface area contributed by atoms with Crippen LogP contribution in [0.15, 0.2) is 38.6 Å². The molecular weight excluding hydrogens is 402 g/mol. The summed E-state index contributed by atoms with van der Waals surface area (Å²) in [7, 11) is 0. The molecule has 1 aromatic carbocycles. The van der Waals surface area contributed by atoms with Crippen molar-refractivity contribution < 1.29 is 5.11 Å². The highest BCUT2D eigenvalue weighted by Gasteiger charge is 2.45. The third-order valence-corrected chi connectivity index (χ3v) is 7.12. The van der Waals surface area contributed by atoms with Crippen LogP contribution >= 0.6 is 43.2 Å². The number of nitriles is 1. The predicted molar refractivity (Wildman–Crippen MR) is 86.6 cm³/mol. The maximum atomic E-state index is 10.7. The quantitative estimate of drug-likeness (QED) is 0.782. The van der Waals surface area contributed by atoms with Crippen molar-refractivity contribution in [2.24, 2.45) is 5.41 Å². The molecule has 2 nitrogen and oxygen atoms in total. The molecule has 1 unspecified atom stereocenters. The fraction of sp³-hybridized carbons (Fsp3) is 0.267. The van der Waals surface area contributed by atoms with E-state index in [-0.39, 0.29) is 0 Å². The Kier molecular flexibility index (Phi) is 3.76. The minimum atomic E-state index is -0.771. The molecule has 0 saturated heterocycles. The van der Waals surface area contributed by atoms with Crippen LogP contribution in [0.1, 0.15) is 22.1 Å². The minimum absolute atomic E-state index is 0.605. The number of aliphatic hydroxyl groups is 1. The van der Waals surface area contributed by atoms with Crippen LogP contribution in [-0.2, 0) is 12.8 Å². The van der Waals surface area contributed by atoms with Crippen LogP contribution in [0, 0.1) is 16.7 Å². The van der Waals surface area contributed by atoms with Crippen molar-refractivity contribution in [3.8, 4) is 6.07 Å². The second-order valence-electron chi connectivity index (χ2n) is 5.06. The Morgan fingerprint density at radius 3 is 2.30 bits per heavy atom. The van der Waals surface area contributed by atoms with Gasteiger partial charge in [0.2, 0.25) is 0 Å². The Balaban J connectivity index is 1.98. The van der Waals surface area contributed by atoms with Crippen LogP contribution in [0.4, 0.5) is 0 Å². The lowest BCUT2D eigenvalue weighted by atomic mass is 9.80. The fourth-order valence-electron chi connectivity index (χ4n) is 2.75. The van der Waals surface area contributed by atoms with E-state index in [0.717, 1.165) is 13.1 Å². The van der Waals surface area contributed by atoms with Gasteiger partial charge in [-0.3, -0.25) is 0 Å². The second-order valence-corrected chi connectivity index (χ2v) is 8.32. The summed E-state index contributed by atoms with van der Waals surface area (Å²) in [5.74, 6) is 0. The summed E-state index contributed by atoms with van der Waals surface area (Å²) in [5, 5.41) is 20.4. The van der Waals surface area contributed by atoms with Gasteiger partial charge in [0.15, 0.2) is 0 Å². The largest absolute Gasteiger partial charge is 0.386 e. The van der Waals surface area contributed by atoms with Crippen LogP contribution < -0.4 is 0 Å². The second kappa shape index (κ2) is 5.27. The summed E-state index contributed by atoms with van der Waals surface area (Å²) in [6.07, 6.45) is 0.439. The standard InChI is InChI=1S/C15H11Br2NOS/c16-11-5-12(20-14(11)17)13(19)15(8-18)6-9-3-1-2-4-10(9)7-15/h1-5,13,19H,6-7H2. The number of benzene rings is 1. The highest BCUT2D eigenvalue weighted by atomic mass is 79.9. The van der Waals surface area contributed by atoms with E-state index in [1.807, 2.05) is 30.3 Å². The molecule has 0 spiro atoms. The SMILES string of the molecule is N#CC1(C(O)c2cc(Br)c(Br)s2)Cc2ccccc2C1. The zero-order chi connectivity index (χ0) is 14.3. The summed E-state index contributed by atoms with van der Waals surface area (Å²) in [6, 6.07) is 12.3. The Morgan fingerprint density at radius 1 is 1.25 bits per heavy atom. The highest BCUT2D eigenvalue weighted by Crippen LogP contribution is 2.48. The van der Waals surface area contributed by atoms with Crippen molar-refractivity contribution in [2.45, 2.75) is 18.9 Å². The van der Waals surface area contributed by atoms with Crippen LogP contribution in [0.5, 0.6) is 0 Å². The lowest BCUT2D eigenvalue weighted by molar-refractivity contribution is 0.0725. The summed E-state index contributed by atoms with van der Waals surface area (Å²) >= 11 is 8.34. The van der Waals surface area contributed by atoms with Gasteiger partial charge >= 0.3 is 0 Å². The third kappa shape index (κ3) is 2.25. The Morgan fingerprint density at radius 2 is 1.85 bits per heavy atom. The van der Waals surface area contributed by atoms with E-state index < -0.39 is 11.5 Å². The van der Waals surface area contributed by atoms with E-state index >= 15 is 0 Å². The summed E-state index contributed by atoms with van der Waals surface area (Å²) in [5.41, 5.74) is 1.58. The smallest absolute Gasteiger partial charge is 0.107 e. The third-order valence-electron chi connectivity index (χ3n) is 3.81. The molecule has 1 N–H and O–H groups in total. The molecule has 0 amide bonds. The van der Waals surface area contributed by atoms with Gasteiger partial charge in [-0.1, -0.05) is 24.3 Å².